The standard InChI is InChI=1S/C14H15NOS/c1-11-15-13(10-17-11)14(16)9-5-8-12-6-3-2-4-7-12/h2-4,6-7,10H,5,8-9H2,1H3. The van der Waals surface area contributed by atoms with Crippen LogP contribution >= 0.6 is 11.3 Å². The molecule has 0 bridgehead atoms. The highest BCUT2D eigenvalue weighted by molar-refractivity contribution is 7.09. The Morgan fingerprint density at radius 3 is 2.71 bits per heavy atom. The Morgan fingerprint density at radius 2 is 2.06 bits per heavy atom. The molecule has 0 aliphatic rings. The summed E-state index contributed by atoms with van der Waals surface area (Å²) in [6, 6.07) is 10.3. The van der Waals surface area contributed by atoms with Crippen LogP contribution in [0.15, 0.2) is 35.7 Å². The first-order valence-corrected chi connectivity index (χ1v) is 6.63. The molecule has 0 spiro atoms. The van der Waals surface area contributed by atoms with E-state index in [0.29, 0.717) is 12.1 Å². The summed E-state index contributed by atoms with van der Waals surface area (Å²) in [4.78, 5) is 16.0. The Bertz CT molecular complexity index is 490. The van der Waals surface area contributed by atoms with E-state index in [4.69, 9.17) is 0 Å². The molecule has 1 heterocycles. The van der Waals surface area contributed by atoms with Gasteiger partial charge in [0.15, 0.2) is 5.78 Å². The van der Waals surface area contributed by atoms with Crippen LogP contribution < -0.4 is 0 Å². The van der Waals surface area contributed by atoms with E-state index in [1.165, 1.54) is 16.9 Å². The lowest BCUT2D eigenvalue weighted by Crippen LogP contribution is -2.00. The average molecular weight is 245 g/mol. The van der Waals surface area contributed by atoms with Gasteiger partial charge in [-0.25, -0.2) is 4.98 Å². The molecule has 0 saturated heterocycles. The van der Waals surface area contributed by atoms with Gasteiger partial charge in [-0.2, -0.15) is 0 Å². The van der Waals surface area contributed by atoms with Gasteiger partial charge in [0, 0.05) is 11.8 Å². The summed E-state index contributed by atoms with van der Waals surface area (Å²) in [5, 5.41) is 2.80. The second kappa shape index (κ2) is 5.73. The second-order valence-electron chi connectivity index (χ2n) is 4.01. The number of nitrogens with zero attached hydrogens (tertiary/aromatic N) is 1. The van der Waals surface area contributed by atoms with E-state index in [1.54, 1.807) is 0 Å². The Kier molecular flexibility index (Phi) is 4.04. The van der Waals surface area contributed by atoms with Crippen molar-refractivity contribution >= 4 is 17.1 Å². The van der Waals surface area contributed by atoms with Gasteiger partial charge in [0.2, 0.25) is 0 Å². The molecule has 0 fully saturated rings. The van der Waals surface area contributed by atoms with Crippen molar-refractivity contribution in [2.24, 2.45) is 0 Å². The number of thiazole rings is 1. The van der Waals surface area contributed by atoms with Gasteiger partial charge >= 0.3 is 0 Å². The van der Waals surface area contributed by atoms with Gasteiger partial charge in [0.05, 0.1) is 5.01 Å². The fourth-order valence-electron chi connectivity index (χ4n) is 1.72. The first kappa shape index (κ1) is 12.0. The van der Waals surface area contributed by atoms with E-state index in [1.807, 2.05) is 30.5 Å². The highest BCUT2D eigenvalue weighted by atomic mass is 32.1. The van der Waals surface area contributed by atoms with E-state index in [9.17, 15) is 4.79 Å². The molecule has 88 valence electrons. The zero-order valence-corrected chi connectivity index (χ0v) is 10.7. The van der Waals surface area contributed by atoms with Crippen LogP contribution in [0, 0.1) is 6.92 Å². The van der Waals surface area contributed by atoms with Gasteiger partial charge in [0.1, 0.15) is 5.69 Å². The van der Waals surface area contributed by atoms with Crippen LogP contribution in [0.1, 0.15) is 33.9 Å². The minimum Gasteiger partial charge on any atom is -0.292 e. The molecule has 0 N–H and O–H groups in total. The summed E-state index contributed by atoms with van der Waals surface area (Å²) in [5.41, 5.74) is 1.91. The van der Waals surface area contributed by atoms with E-state index < -0.39 is 0 Å². The van der Waals surface area contributed by atoms with E-state index in [0.717, 1.165) is 17.8 Å². The molecule has 17 heavy (non-hydrogen) atoms. The third-order valence-electron chi connectivity index (χ3n) is 2.62. The lowest BCUT2D eigenvalue weighted by molar-refractivity contribution is 0.0976. The Labute approximate surface area is 105 Å². The van der Waals surface area contributed by atoms with Gasteiger partial charge in [-0.1, -0.05) is 30.3 Å². The van der Waals surface area contributed by atoms with Crippen LogP contribution in [0.2, 0.25) is 0 Å². The van der Waals surface area contributed by atoms with Crippen molar-refractivity contribution in [2.45, 2.75) is 26.2 Å². The lowest BCUT2D eigenvalue weighted by atomic mass is 10.1. The number of Topliss-reactive ketones (excluding diaryl/α,β-unsaturated/α-hetero) is 1. The maximum Gasteiger partial charge on any atom is 0.182 e. The zero-order valence-electron chi connectivity index (χ0n) is 9.85. The molecular formula is C14H15NOS. The minimum atomic E-state index is 0.158. The monoisotopic (exact) mass is 245 g/mol. The topological polar surface area (TPSA) is 30.0 Å². The van der Waals surface area contributed by atoms with E-state index in [2.05, 4.69) is 17.1 Å². The van der Waals surface area contributed by atoms with Crippen LogP contribution in [0.4, 0.5) is 0 Å². The Hall–Kier alpha value is -1.48. The molecular weight excluding hydrogens is 230 g/mol. The molecule has 3 heteroatoms. The van der Waals surface area contributed by atoms with Crippen LogP contribution in [0.3, 0.4) is 0 Å². The number of benzene rings is 1. The SMILES string of the molecule is Cc1nc(C(=O)CCCc2ccccc2)cs1. The minimum absolute atomic E-state index is 0.158. The Morgan fingerprint density at radius 1 is 1.29 bits per heavy atom. The summed E-state index contributed by atoms with van der Waals surface area (Å²) in [6.45, 7) is 1.92. The predicted molar refractivity (Wildman–Crippen MR) is 70.6 cm³/mol. The number of carbonyl (C=O) groups is 1. The second-order valence-corrected chi connectivity index (χ2v) is 5.08. The highest BCUT2D eigenvalue weighted by Crippen LogP contribution is 2.12. The van der Waals surface area contributed by atoms with Gasteiger partial charge in [0.25, 0.3) is 0 Å². The van der Waals surface area contributed by atoms with Crippen molar-refractivity contribution in [2.75, 3.05) is 0 Å². The largest absolute Gasteiger partial charge is 0.292 e. The molecule has 0 aliphatic heterocycles. The molecule has 2 aromatic rings. The smallest absolute Gasteiger partial charge is 0.182 e. The average Bonchev–Trinajstić information content (AvgIpc) is 2.77. The van der Waals surface area contributed by atoms with Gasteiger partial charge < -0.3 is 0 Å². The number of rotatable bonds is 5. The summed E-state index contributed by atoms with van der Waals surface area (Å²) >= 11 is 1.53. The van der Waals surface area contributed by atoms with Gasteiger partial charge in [-0.15, -0.1) is 11.3 Å². The van der Waals surface area contributed by atoms with Crippen LogP contribution in [0.25, 0.3) is 0 Å². The summed E-state index contributed by atoms with van der Waals surface area (Å²) in [5.74, 6) is 0.158. The lowest BCUT2D eigenvalue weighted by Gasteiger charge is -1.99. The molecule has 2 nitrogen and oxygen atoms in total. The number of hydrogen-bond acceptors (Lipinski definition) is 3. The Balaban J connectivity index is 1.81. The molecule has 0 radical (unpaired) electrons. The molecule has 0 amide bonds. The van der Waals surface area contributed by atoms with Gasteiger partial charge in [-0.05, 0) is 25.3 Å². The van der Waals surface area contributed by atoms with Crippen molar-refractivity contribution in [1.29, 1.82) is 0 Å². The number of carbonyl (C=O) groups excluding carboxylic acids is 1. The fourth-order valence-corrected chi connectivity index (χ4v) is 2.33. The van der Waals surface area contributed by atoms with Crippen molar-refractivity contribution in [3.63, 3.8) is 0 Å². The molecule has 0 atom stereocenters. The summed E-state index contributed by atoms with van der Waals surface area (Å²) in [6.07, 6.45) is 2.42. The molecule has 2 rings (SSSR count). The van der Waals surface area contributed by atoms with E-state index >= 15 is 0 Å². The fraction of sp³-hybridized carbons (Fsp3) is 0.286. The molecule has 0 saturated carbocycles. The maximum absolute atomic E-state index is 11.8. The summed E-state index contributed by atoms with van der Waals surface area (Å²) < 4.78 is 0. The molecule has 0 unspecified atom stereocenters. The third kappa shape index (κ3) is 3.49. The van der Waals surface area contributed by atoms with Crippen LogP contribution in [0.5, 0.6) is 0 Å². The maximum atomic E-state index is 11.8. The molecule has 1 aromatic heterocycles. The third-order valence-corrected chi connectivity index (χ3v) is 3.39. The molecule has 0 aliphatic carbocycles. The van der Waals surface area contributed by atoms with Crippen molar-refractivity contribution in [3.8, 4) is 0 Å². The van der Waals surface area contributed by atoms with E-state index in [-0.39, 0.29) is 5.78 Å². The first-order valence-electron chi connectivity index (χ1n) is 5.75. The molecule has 1 aromatic carbocycles. The predicted octanol–water partition coefficient (Wildman–Crippen LogP) is 3.66. The number of aromatic nitrogens is 1. The number of ketones is 1. The van der Waals surface area contributed by atoms with Crippen molar-refractivity contribution in [3.05, 3.63) is 52.0 Å². The van der Waals surface area contributed by atoms with Crippen LogP contribution in [-0.2, 0) is 6.42 Å². The first-order chi connectivity index (χ1) is 8.25. The van der Waals surface area contributed by atoms with Crippen molar-refractivity contribution < 1.29 is 4.79 Å². The number of hydrogen-bond donors (Lipinski definition) is 0. The zero-order chi connectivity index (χ0) is 12.1. The van der Waals surface area contributed by atoms with Crippen molar-refractivity contribution in [1.82, 2.24) is 4.98 Å². The summed E-state index contributed by atoms with van der Waals surface area (Å²) in [7, 11) is 0. The van der Waals surface area contributed by atoms with Gasteiger partial charge in [-0.3, -0.25) is 4.79 Å². The quantitative estimate of drug-likeness (QED) is 0.752. The normalized spacial score (nSPS) is 10.4. The highest BCUT2D eigenvalue weighted by Gasteiger charge is 2.08. The van der Waals surface area contributed by atoms with Crippen LogP contribution in [-0.4, -0.2) is 10.8 Å². The number of aryl methyl sites for hydroxylation is 2.